The Morgan fingerprint density at radius 2 is 1.80 bits per heavy atom. The SMILES string of the molecule is CN(Cc1ccc2c(c1)C(=O)N(C1CCC(=O)NC1=O)C2=O)C1(CN)CCCCC1. The van der Waals surface area contributed by atoms with Gasteiger partial charge in [-0.15, -0.1) is 0 Å². The number of hydrogen-bond donors (Lipinski definition) is 2. The molecule has 1 aliphatic carbocycles. The first kappa shape index (κ1) is 20.7. The number of carbonyl (C=O) groups is 4. The first-order valence-corrected chi connectivity index (χ1v) is 10.6. The molecule has 3 aliphatic rings. The molecule has 1 aromatic rings. The Balaban J connectivity index is 1.55. The van der Waals surface area contributed by atoms with Crippen molar-refractivity contribution in [3.8, 4) is 0 Å². The van der Waals surface area contributed by atoms with E-state index < -0.39 is 23.8 Å². The van der Waals surface area contributed by atoms with Gasteiger partial charge in [-0.05, 0) is 44.0 Å². The number of imide groups is 2. The van der Waals surface area contributed by atoms with E-state index >= 15 is 0 Å². The summed E-state index contributed by atoms with van der Waals surface area (Å²) < 4.78 is 0. The van der Waals surface area contributed by atoms with Crippen molar-refractivity contribution in [3.63, 3.8) is 0 Å². The van der Waals surface area contributed by atoms with Gasteiger partial charge in [-0.25, -0.2) is 0 Å². The molecule has 1 aromatic carbocycles. The molecule has 2 aliphatic heterocycles. The van der Waals surface area contributed by atoms with E-state index in [9.17, 15) is 19.2 Å². The van der Waals surface area contributed by atoms with Gasteiger partial charge in [0.15, 0.2) is 0 Å². The van der Waals surface area contributed by atoms with Crippen molar-refractivity contribution in [1.29, 1.82) is 0 Å². The summed E-state index contributed by atoms with van der Waals surface area (Å²) >= 11 is 0. The van der Waals surface area contributed by atoms with E-state index in [4.69, 9.17) is 5.73 Å². The summed E-state index contributed by atoms with van der Waals surface area (Å²) in [6, 6.07) is 4.34. The van der Waals surface area contributed by atoms with E-state index in [2.05, 4.69) is 17.3 Å². The average molecular weight is 412 g/mol. The quantitative estimate of drug-likeness (QED) is 0.703. The molecule has 8 heteroatoms. The van der Waals surface area contributed by atoms with Gasteiger partial charge in [0.05, 0.1) is 11.1 Å². The van der Waals surface area contributed by atoms with Gasteiger partial charge in [0.2, 0.25) is 11.8 Å². The van der Waals surface area contributed by atoms with Crippen LogP contribution in [0.5, 0.6) is 0 Å². The number of nitrogens with two attached hydrogens (primary N) is 1. The van der Waals surface area contributed by atoms with Crippen LogP contribution in [0.15, 0.2) is 18.2 Å². The third-order valence-electron chi connectivity index (χ3n) is 6.90. The van der Waals surface area contributed by atoms with Crippen LogP contribution in [-0.2, 0) is 16.1 Å². The van der Waals surface area contributed by atoms with E-state index in [1.807, 2.05) is 6.07 Å². The molecular weight excluding hydrogens is 384 g/mol. The number of hydrogen-bond acceptors (Lipinski definition) is 6. The second-order valence-corrected chi connectivity index (χ2v) is 8.67. The molecule has 4 amide bonds. The molecule has 4 rings (SSSR count). The highest BCUT2D eigenvalue weighted by Crippen LogP contribution is 2.34. The van der Waals surface area contributed by atoms with Crippen molar-refractivity contribution >= 4 is 23.6 Å². The summed E-state index contributed by atoms with van der Waals surface area (Å²) in [5.41, 5.74) is 7.67. The van der Waals surface area contributed by atoms with Crippen molar-refractivity contribution < 1.29 is 19.2 Å². The Labute approximate surface area is 175 Å². The molecule has 1 atom stereocenters. The highest BCUT2D eigenvalue weighted by Gasteiger charge is 2.44. The Morgan fingerprint density at radius 3 is 2.47 bits per heavy atom. The fourth-order valence-corrected chi connectivity index (χ4v) is 5.01. The molecular formula is C22H28N4O4. The van der Waals surface area contributed by atoms with Gasteiger partial charge in [0, 0.05) is 25.0 Å². The number of nitrogens with one attached hydrogen (secondary N) is 1. The molecule has 160 valence electrons. The van der Waals surface area contributed by atoms with Gasteiger partial charge >= 0.3 is 0 Å². The van der Waals surface area contributed by atoms with Gasteiger partial charge in [0.25, 0.3) is 11.8 Å². The standard InChI is InChI=1S/C22H28N4O4/c1-25(22(13-23)9-3-2-4-10-22)12-14-5-6-15-16(11-14)21(30)26(20(15)29)17-7-8-18(27)24-19(17)28/h5-6,11,17H,2-4,7-10,12-13,23H2,1H3,(H,24,27,28). The van der Waals surface area contributed by atoms with Gasteiger partial charge in [-0.2, -0.15) is 0 Å². The molecule has 0 spiro atoms. The Hall–Kier alpha value is -2.58. The lowest BCUT2D eigenvalue weighted by Gasteiger charge is -2.44. The topological polar surface area (TPSA) is 113 Å². The molecule has 3 N–H and O–H groups in total. The second-order valence-electron chi connectivity index (χ2n) is 8.67. The minimum atomic E-state index is -0.941. The Bertz CT molecular complexity index is 906. The molecule has 30 heavy (non-hydrogen) atoms. The zero-order chi connectivity index (χ0) is 21.5. The molecule has 1 unspecified atom stereocenters. The van der Waals surface area contributed by atoms with Crippen LogP contribution in [0.3, 0.4) is 0 Å². The van der Waals surface area contributed by atoms with Crippen LogP contribution in [0, 0.1) is 0 Å². The molecule has 2 fully saturated rings. The number of fused-ring (bicyclic) bond motifs is 1. The second kappa shape index (κ2) is 7.92. The maximum atomic E-state index is 13.0. The summed E-state index contributed by atoms with van der Waals surface area (Å²) in [7, 11) is 2.06. The number of likely N-dealkylation sites (N-methyl/N-ethyl adjacent to an activating group) is 1. The third-order valence-corrected chi connectivity index (χ3v) is 6.90. The summed E-state index contributed by atoms with van der Waals surface area (Å²) in [5, 5.41) is 2.22. The number of piperidine rings is 1. The minimum absolute atomic E-state index is 0.0319. The summed E-state index contributed by atoms with van der Waals surface area (Å²) in [6.07, 6.45) is 5.96. The van der Waals surface area contributed by atoms with E-state index in [1.54, 1.807) is 12.1 Å². The lowest BCUT2D eigenvalue weighted by Crippen LogP contribution is -2.54. The van der Waals surface area contributed by atoms with Gasteiger partial charge in [-0.1, -0.05) is 25.3 Å². The van der Waals surface area contributed by atoms with Crippen molar-refractivity contribution in [2.24, 2.45) is 5.73 Å². The van der Waals surface area contributed by atoms with Crippen LogP contribution >= 0.6 is 0 Å². The van der Waals surface area contributed by atoms with Crippen LogP contribution < -0.4 is 11.1 Å². The molecule has 1 saturated carbocycles. The van der Waals surface area contributed by atoms with Gasteiger partial charge < -0.3 is 5.73 Å². The maximum absolute atomic E-state index is 13.0. The van der Waals surface area contributed by atoms with Crippen LogP contribution in [0.2, 0.25) is 0 Å². The number of rotatable bonds is 5. The Kier molecular flexibility index (Phi) is 5.46. The fraction of sp³-hybridized carbons (Fsp3) is 0.545. The smallest absolute Gasteiger partial charge is 0.262 e. The lowest BCUT2D eigenvalue weighted by molar-refractivity contribution is -0.136. The van der Waals surface area contributed by atoms with E-state index in [0.29, 0.717) is 24.2 Å². The van der Waals surface area contributed by atoms with Crippen molar-refractivity contribution in [1.82, 2.24) is 15.1 Å². The fourth-order valence-electron chi connectivity index (χ4n) is 5.01. The highest BCUT2D eigenvalue weighted by atomic mass is 16.2. The summed E-state index contributed by atoms with van der Waals surface area (Å²) in [6.45, 7) is 1.22. The first-order valence-electron chi connectivity index (χ1n) is 10.6. The zero-order valence-electron chi connectivity index (χ0n) is 17.3. The van der Waals surface area contributed by atoms with Gasteiger partial charge in [-0.3, -0.25) is 34.3 Å². The van der Waals surface area contributed by atoms with Crippen LogP contribution in [0.4, 0.5) is 0 Å². The first-order chi connectivity index (χ1) is 14.4. The predicted molar refractivity (Wildman–Crippen MR) is 109 cm³/mol. The maximum Gasteiger partial charge on any atom is 0.262 e. The van der Waals surface area contributed by atoms with Gasteiger partial charge in [0.1, 0.15) is 6.04 Å². The van der Waals surface area contributed by atoms with E-state index in [0.717, 1.165) is 23.3 Å². The van der Waals surface area contributed by atoms with Crippen LogP contribution in [0.1, 0.15) is 71.2 Å². The lowest BCUT2D eigenvalue weighted by atomic mass is 9.80. The number of benzene rings is 1. The molecule has 0 bridgehead atoms. The number of nitrogens with zero attached hydrogens (tertiary/aromatic N) is 2. The molecule has 8 nitrogen and oxygen atoms in total. The van der Waals surface area contributed by atoms with Crippen molar-refractivity contribution in [3.05, 3.63) is 34.9 Å². The monoisotopic (exact) mass is 412 g/mol. The predicted octanol–water partition coefficient (Wildman–Crippen LogP) is 1.18. The van der Waals surface area contributed by atoms with Crippen LogP contribution in [-0.4, -0.2) is 58.6 Å². The van der Waals surface area contributed by atoms with Crippen molar-refractivity contribution in [2.75, 3.05) is 13.6 Å². The van der Waals surface area contributed by atoms with E-state index in [1.165, 1.54) is 19.3 Å². The molecule has 2 heterocycles. The zero-order valence-corrected chi connectivity index (χ0v) is 17.3. The van der Waals surface area contributed by atoms with Crippen LogP contribution in [0.25, 0.3) is 0 Å². The summed E-state index contributed by atoms with van der Waals surface area (Å²) in [4.78, 5) is 52.7. The minimum Gasteiger partial charge on any atom is -0.329 e. The number of amides is 4. The molecule has 1 saturated heterocycles. The number of carbonyl (C=O) groups excluding carboxylic acids is 4. The Morgan fingerprint density at radius 1 is 1.10 bits per heavy atom. The largest absolute Gasteiger partial charge is 0.329 e. The van der Waals surface area contributed by atoms with E-state index in [-0.39, 0.29) is 24.3 Å². The average Bonchev–Trinajstić information content (AvgIpc) is 2.98. The third kappa shape index (κ3) is 3.44. The molecule has 0 aromatic heterocycles. The summed E-state index contributed by atoms with van der Waals surface area (Å²) in [5.74, 6) is -1.92. The molecule has 0 radical (unpaired) electrons. The van der Waals surface area contributed by atoms with Crippen molar-refractivity contribution in [2.45, 2.75) is 63.1 Å². The normalized spacial score (nSPS) is 23.7. The highest BCUT2D eigenvalue weighted by molar-refractivity contribution is 6.23.